The molecule has 0 aliphatic rings. The van der Waals surface area contributed by atoms with Gasteiger partial charge in [0.25, 0.3) is 0 Å². The first-order chi connectivity index (χ1) is 7.77. The molecule has 1 aromatic carbocycles. The van der Waals surface area contributed by atoms with E-state index in [1.54, 1.807) is 0 Å². The Kier molecular flexibility index (Phi) is 6.51. The van der Waals surface area contributed by atoms with Gasteiger partial charge in [-0.05, 0) is 18.9 Å². The second-order valence-electron chi connectivity index (χ2n) is 4.28. The Morgan fingerprint density at radius 1 is 1.25 bits per heavy atom. The number of hydrogen-bond donors (Lipinski definition) is 0. The van der Waals surface area contributed by atoms with Crippen molar-refractivity contribution in [1.82, 2.24) is 4.90 Å². The molecule has 0 amide bonds. The minimum atomic E-state index is 0.615. The second-order valence-corrected chi connectivity index (χ2v) is 4.66. The average Bonchev–Trinajstić information content (AvgIpc) is 2.30. The maximum atomic E-state index is 5.87. The number of benzene rings is 1. The van der Waals surface area contributed by atoms with Crippen molar-refractivity contribution in [3.63, 3.8) is 0 Å². The average molecular weight is 240 g/mol. The van der Waals surface area contributed by atoms with Crippen LogP contribution in [-0.2, 0) is 6.54 Å². The fourth-order valence-corrected chi connectivity index (χ4v) is 2.20. The molecular formula is C14H22ClN. The molecule has 0 fully saturated rings. The highest BCUT2D eigenvalue weighted by molar-refractivity contribution is 6.18. The third-order valence-corrected chi connectivity index (χ3v) is 3.10. The van der Waals surface area contributed by atoms with Crippen LogP contribution in [0.2, 0.25) is 0 Å². The molecule has 0 spiro atoms. The lowest BCUT2D eigenvalue weighted by Crippen LogP contribution is -2.34. The summed E-state index contributed by atoms with van der Waals surface area (Å²) < 4.78 is 0. The maximum absolute atomic E-state index is 5.87. The minimum Gasteiger partial charge on any atom is -0.295 e. The predicted molar refractivity (Wildman–Crippen MR) is 71.9 cm³/mol. The smallest absolute Gasteiger partial charge is 0.0351 e. The van der Waals surface area contributed by atoms with Gasteiger partial charge in [0.05, 0.1) is 0 Å². The molecule has 0 heterocycles. The molecule has 1 atom stereocenters. The van der Waals surface area contributed by atoms with Gasteiger partial charge in [-0.3, -0.25) is 4.90 Å². The monoisotopic (exact) mass is 239 g/mol. The first-order valence-corrected chi connectivity index (χ1v) is 6.65. The molecule has 0 aliphatic heterocycles. The molecule has 2 heteroatoms. The summed E-state index contributed by atoms with van der Waals surface area (Å²) in [7, 11) is 0. The number of rotatable bonds is 7. The molecule has 0 bridgehead atoms. The zero-order valence-electron chi connectivity index (χ0n) is 10.3. The van der Waals surface area contributed by atoms with Crippen LogP contribution in [0.1, 0.15) is 32.3 Å². The van der Waals surface area contributed by atoms with Crippen molar-refractivity contribution in [1.29, 1.82) is 0 Å². The number of hydrogen-bond acceptors (Lipinski definition) is 1. The van der Waals surface area contributed by atoms with E-state index in [1.807, 2.05) is 0 Å². The van der Waals surface area contributed by atoms with E-state index in [0.29, 0.717) is 11.9 Å². The van der Waals surface area contributed by atoms with Gasteiger partial charge in [-0.1, -0.05) is 43.7 Å². The fraction of sp³-hybridized carbons (Fsp3) is 0.571. The van der Waals surface area contributed by atoms with Crippen molar-refractivity contribution in [3.05, 3.63) is 35.9 Å². The molecule has 0 saturated heterocycles. The van der Waals surface area contributed by atoms with Crippen LogP contribution >= 0.6 is 11.6 Å². The summed E-state index contributed by atoms with van der Waals surface area (Å²) in [5, 5.41) is 0. The standard InChI is InChI=1S/C14H22ClN/c1-3-7-13(2)16(11-10-15)12-14-8-5-4-6-9-14/h4-6,8-9,13H,3,7,10-12H2,1-2H3. The van der Waals surface area contributed by atoms with Crippen LogP contribution in [0.15, 0.2) is 30.3 Å². The zero-order chi connectivity index (χ0) is 11.8. The van der Waals surface area contributed by atoms with Crippen LogP contribution in [0.3, 0.4) is 0 Å². The van der Waals surface area contributed by atoms with Crippen molar-refractivity contribution >= 4 is 11.6 Å². The summed E-state index contributed by atoms with van der Waals surface area (Å²) >= 11 is 5.87. The molecule has 0 aliphatic carbocycles. The highest BCUT2D eigenvalue weighted by Gasteiger charge is 2.12. The van der Waals surface area contributed by atoms with Crippen LogP contribution < -0.4 is 0 Å². The third-order valence-electron chi connectivity index (χ3n) is 2.93. The summed E-state index contributed by atoms with van der Waals surface area (Å²) in [6.07, 6.45) is 2.47. The summed E-state index contributed by atoms with van der Waals surface area (Å²) in [6, 6.07) is 11.2. The lowest BCUT2D eigenvalue weighted by molar-refractivity contribution is 0.201. The van der Waals surface area contributed by atoms with Gasteiger partial charge in [-0.2, -0.15) is 0 Å². The quantitative estimate of drug-likeness (QED) is 0.652. The summed E-state index contributed by atoms with van der Waals surface area (Å²) in [5.41, 5.74) is 1.37. The van der Waals surface area contributed by atoms with Gasteiger partial charge in [0.1, 0.15) is 0 Å². The van der Waals surface area contributed by atoms with Gasteiger partial charge in [0.2, 0.25) is 0 Å². The van der Waals surface area contributed by atoms with E-state index in [0.717, 1.165) is 13.1 Å². The Bertz CT molecular complexity index is 273. The van der Waals surface area contributed by atoms with Crippen molar-refractivity contribution in [2.75, 3.05) is 12.4 Å². The van der Waals surface area contributed by atoms with E-state index >= 15 is 0 Å². The van der Waals surface area contributed by atoms with E-state index in [1.165, 1.54) is 18.4 Å². The Hall–Kier alpha value is -0.530. The molecular weight excluding hydrogens is 218 g/mol. The van der Waals surface area contributed by atoms with Gasteiger partial charge < -0.3 is 0 Å². The Morgan fingerprint density at radius 2 is 1.94 bits per heavy atom. The summed E-state index contributed by atoms with van der Waals surface area (Å²) in [5.74, 6) is 0.709. The van der Waals surface area contributed by atoms with Crippen LogP contribution in [0.4, 0.5) is 0 Å². The van der Waals surface area contributed by atoms with Gasteiger partial charge >= 0.3 is 0 Å². The van der Waals surface area contributed by atoms with E-state index < -0.39 is 0 Å². The zero-order valence-corrected chi connectivity index (χ0v) is 11.1. The maximum Gasteiger partial charge on any atom is 0.0351 e. The molecule has 0 radical (unpaired) electrons. The summed E-state index contributed by atoms with van der Waals surface area (Å²) in [6.45, 7) is 6.50. The van der Waals surface area contributed by atoms with Crippen molar-refractivity contribution in [2.45, 2.75) is 39.3 Å². The molecule has 90 valence electrons. The normalized spacial score (nSPS) is 13.0. The summed E-state index contributed by atoms with van der Waals surface area (Å²) in [4.78, 5) is 2.46. The molecule has 1 aromatic rings. The van der Waals surface area contributed by atoms with Crippen molar-refractivity contribution in [2.24, 2.45) is 0 Å². The number of nitrogens with zero attached hydrogens (tertiary/aromatic N) is 1. The first-order valence-electron chi connectivity index (χ1n) is 6.11. The fourth-order valence-electron chi connectivity index (χ4n) is 1.98. The highest BCUT2D eigenvalue weighted by Crippen LogP contribution is 2.12. The van der Waals surface area contributed by atoms with Crippen LogP contribution in [0, 0.1) is 0 Å². The van der Waals surface area contributed by atoms with Gasteiger partial charge in [-0.15, -0.1) is 11.6 Å². The van der Waals surface area contributed by atoms with E-state index in [-0.39, 0.29) is 0 Å². The SMILES string of the molecule is CCCC(C)N(CCCl)Cc1ccccc1. The van der Waals surface area contributed by atoms with E-state index in [9.17, 15) is 0 Å². The molecule has 1 unspecified atom stereocenters. The lowest BCUT2D eigenvalue weighted by atomic mass is 10.1. The number of alkyl halides is 1. The molecule has 1 nitrogen and oxygen atoms in total. The van der Waals surface area contributed by atoms with Crippen molar-refractivity contribution < 1.29 is 0 Å². The van der Waals surface area contributed by atoms with Crippen LogP contribution in [0.25, 0.3) is 0 Å². The highest BCUT2D eigenvalue weighted by atomic mass is 35.5. The Balaban J connectivity index is 2.57. The van der Waals surface area contributed by atoms with E-state index in [2.05, 4.69) is 49.1 Å². The van der Waals surface area contributed by atoms with Gasteiger partial charge in [0.15, 0.2) is 0 Å². The molecule has 0 N–H and O–H groups in total. The molecule has 16 heavy (non-hydrogen) atoms. The first kappa shape index (κ1) is 13.5. The predicted octanol–water partition coefficient (Wildman–Crippen LogP) is 3.92. The largest absolute Gasteiger partial charge is 0.295 e. The second kappa shape index (κ2) is 7.70. The molecule has 0 aromatic heterocycles. The lowest BCUT2D eigenvalue weighted by Gasteiger charge is -2.28. The Labute approximate surface area is 104 Å². The Morgan fingerprint density at radius 3 is 2.50 bits per heavy atom. The van der Waals surface area contributed by atoms with Crippen molar-refractivity contribution in [3.8, 4) is 0 Å². The topological polar surface area (TPSA) is 3.24 Å². The van der Waals surface area contributed by atoms with Gasteiger partial charge in [0, 0.05) is 25.0 Å². The van der Waals surface area contributed by atoms with E-state index in [4.69, 9.17) is 11.6 Å². The van der Waals surface area contributed by atoms with Gasteiger partial charge in [-0.25, -0.2) is 0 Å². The molecule has 1 rings (SSSR count). The molecule has 0 saturated carbocycles. The number of halogens is 1. The minimum absolute atomic E-state index is 0.615. The van der Waals surface area contributed by atoms with Crippen LogP contribution in [-0.4, -0.2) is 23.4 Å². The van der Waals surface area contributed by atoms with Crippen LogP contribution in [0.5, 0.6) is 0 Å². The third kappa shape index (κ3) is 4.54.